The molecule has 0 saturated carbocycles. The van der Waals surface area contributed by atoms with E-state index in [0.29, 0.717) is 5.84 Å². The van der Waals surface area contributed by atoms with E-state index in [1.807, 2.05) is 18.2 Å². The van der Waals surface area contributed by atoms with Crippen LogP contribution in [0.4, 0.5) is 0 Å². The molecule has 3 nitrogen and oxygen atoms in total. The maximum Gasteiger partial charge on any atom is 0.156 e. The van der Waals surface area contributed by atoms with Gasteiger partial charge in [-0.3, -0.25) is 4.99 Å². The molecule has 0 atom stereocenters. The van der Waals surface area contributed by atoms with Gasteiger partial charge in [-0.05, 0) is 72.6 Å². The summed E-state index contributed by atoms with van der Waals surface area (Å²) in [5, 5.41) is 0. The molecule has 0 aromatic heterocycles. The third-order valence-corrected chi connectivity index (χ3v) is 5.17. The zero-order valence-electron chi connectivity index (χ0n) is 16.6. The lowest BCUT2D eigenvalue weighted by Gasteiger charge is -2.18. The van der Waals surface area contributed by atoms with Crippen molar-refractivity contribution in [2.75, 3.05) is 7.05 Å². The van der Waals surface area contributed by atoms with Crippen molar-refractivity contribution in [2.24, 2.45) is 15.7 Å². The zero-order valence-corrected chi connectivity index (χ0v) is 16.6. The summed E-state index contributed by atoms with van der Waals surface area (Å²) in [5.74, 6) is 0.697. The number of aryl methyl sites for hydroxylation is 1. The van der Waals surface area contributed by atoms with Gasteiger partial charge in [-0.1, -0.05) is 43.7 Å². The largest absolute Gasteiger partial charge is 0.398 e. The molecular formula is C24H29N3. The van der Waals surface area contributed by atoms with Crippen LogP contribution in [0.2, 0.25) is 0 Å². The molecule has 140 valence electrons. The van der Waals surface area contributed by atoms with Crippen LogP contribution in [0.15, 0.2) is 63.8 Å². The highest BCUT2D eigenvalue weighted by Crippen LogP contribution is 2.33. The molecular weight excluding hydrogens is 330 g/mol. The van der Waals surface area contributed by atoms with E-state index < -0.39 is 0 Å². The number of hydrogen-bond acceptors (Lipinski definition) is 2. The number of aliphatic imine (C=N–C) groups is 2. The molecule has 3 heteroatoms. The van der Waals surface area contributed by atoms with Crippen molar-refractivity contribution in [1.29, 1.82) is 0 Å². The van der Waals surface area contributed by atoms with Gasteiger partial charge in [-0.25, -0.2) is 4.99 Å². The van der Waals surface area contributed by atoms with E-state index in [0.717, 1.165) is 37.0 Å². The number of nitrogens with two attached hydrogens (primary N) is 1. The van der Waals surface area contributed by atoms with Gasteiger partial charge in [0.1, 0.15) is 0 Å². The molecule has 3 rings (SSSR count). The molecule has 2 N–H and O–H groups in total. The molecule has 1 heterocycles. The summed E-state index contributed by atoms with van der Waals surface area (Å²) in [6.45, 7) is 4.42. The van der Waals surface area contributed by atoms with Crippen LogP contribution >= 0.6 is 0 Å². The summed E-state index contributed by atoms with van der Waals surface area (Å²) in [6, 6.07) is 6.86. The summed E-state index contributed by atoms with van der Waals surface area (Å²) in [7, 11) is 1.78. The van der Waals surface area contributed by atoms with Crippen LogP contribution in [0.25, 0.3) is 11.1 Å². The molecule has 0 amide bonds. The second-order valence-electron chi connectivity index (χ2n) is 7.09. The SMILES string of the molecule is CCC/C(=C1/C(N)=CC=CC=NC1=NC)c1ccc2c(c1)CCCC=C2C. The number of hydrogen-bond donors (Lipinski definition) is 1. The summed E-state index contributed by atoms with van der Waals surface area (Å²) < 4.78 is 0. The number of nitrogens with zero attached hydrogens (tertiary/aromatic N) is 2. The van der Waals surface area contributed by atoms with Crippen molar-refractivity contribution in [3.8, 4) is 0 Å². The topological polar surface area (TPSA) is 50.7 Å². The summed E-state index contributed by atoms with van der Waals surface area (Å²) in [4.78, 5) is 8.95. The van der Waals surface area contributed by atoms with Crippen molar-refractivity contribution < 1.29 is 0 Å². The fourth-order valence-corrected chi connectivity index (χ4v) is 3.84. The molecule has 0 spiro atoms. The van der Waals surface area contributed by atoms with Crippen molar-refractivity contribution in [2.45, 2.75) is 46.0 Å². The van der Waals surface area contributed by atoms with Gasteiger partial charge >= 0.3 is 0 Å². The minimum absolute atomic E-state index is 0.697. The molecule has 2 aliphatic rings. The van der Waals surface area contributed by atoms with Crippen molar-refractivity contribution in [3.05, 3.63) is 70.5 Å². The molecule has 0 fully saturated rings. The highest BCUT2D eigenvalue weighted by atomic mass is 14.9. The van der Waals surface area contributed by atoms with E-state index in [4.69, 9.17) is 5.73 Å². The number of benzene rings is 1. The first-order valence-corrected chi connectivity index (χ1v) is 9.83. The first-order chi connectivity index (χ1) is 13.2. The first kappa shape index (κ1) is 19.1. The Labute approximate surface area is 162 Å². The number of rotatable bonds is 3. The molecule has 0 bridgehead atoms. The van der Waals surface area contributed by atoms with Crippen molar-refractivity contribution in [3.63, 3.8) is 0 Å². The van der Waals surface area contributed by atoms with Gasteiger partial charge in [-0.15, -0.1) is 0 Å². The fourth-order valence-electron chi connectivity index (χ4n) is 3.84. The van der Waals surface area contributed by atoms with Crippen LogP contribution in [-0.4, -0.2) is 19.1 Å². The Morgan fingerprint density at radius 2 is 2.11 bits per heavy atom. The standard InChI is InChI=1S/C24H29N3/c1-4-9-21(23-22(25)12-7-8-15-27-24(23)26-3)19-13-14-20-17(2)10-5-6-11-18(20)16-19/h7-8,10,12-16H,4-6,9,11,25H2,1-3H3/b8-7?,22-12?,23-21+,26-24?,27-15?. The highest BCUT2D eigenvalue weighted by molar-refractivity contribution is 6.12. The predicted octanol–water partition coefficient (Wildman–Crippen LogP) is 5.49. The van der Waals surface area contributed by atoms with Gasteiger partial charge in [0.2, 0.25) is 0 Å². The number of allylic oxidation sites excluding steroid dienone is 6. The van der Waals surface area contributed by atoms with Crippen LogP contribution in [0.3, 0.4) is 0 Å². The Kier molecular flexibility index (Phi) is 6.23. The van der Waals surface area contributed by atoms with Crippen LogP contribution < -0.4 is 5.73 Å². The lowest BCUT2D eigenvalue weighted by Crippen LogP contribution is -2.13. The first-order valence-electron chi connectivity index (χ1n) is 9.83. The maximum absolute atomic E-state index is 6.46. The minimum Gasteiger partial charge on any atom is -0.398 e. The van der Waals surface area contributed by atoms with Crippen LogP contribution in [-0.2, 0) is 6.42 Å². The Morgan fingerprint density at radius 3 is 2.89 bits per heavy atom. The molecule has 1 aliphatic heterocycles. The third kappa shape index (κ3) is 4.19. The lowest BCUT2D eigenvalue weighted by molar-refractivity contribution is 0.851. The lowest BCUT2D eigenvalue weighted by atomic mass is 9.89. The summed E-state index contributed by atoms with van der Waals surface area (Å²) in [5.41, 5.74) is 14.8. The van der Waals surface area contributed by atoms with Gasteiger partial charge in [0.25, 0.3) is 0 Å². The van der Waals surface area contributed by atoms with Gasteiger partial charge in [0.15, 0.2) is 5.84 Å². The van der Waals surface area contributed by atoms with Crippen molar-refractivity contribution >= 4 is 23.2 Å². The van der Waals surface area contributed by atoms with E-state index in [-0.39, 0.29) is 0 Å². The molecule has 1 aromatic carbocycles. The quantitative estimate of drug-likeness (QED) is 0.762. The smallest absolute Gasteiger partial charge is 0.156 e. The summed E-state index contributed by atoms with van der Waals surface area (Å²) in [6.07, 6.45) is 15.3. The van der Waals surface area contributed by atoms with Crippen LogP contribution in [0, 0.1) is 0 Å². The molecule has 27 heavy (non-hydrogen) atoms. The monoisotopic (exact) mass is 359 g/mol. The van der Waals surface area contributed by atoms with Gasteiger partial charge < -0.3 is 5.73 Å². The predicted molar refractivity (Wildman–Crippen MR) is 118 cm³/mol. The van der Waals surface area contributed by atoms with E-state index in [9.17, 15) is 0 Å². The normalized spacial score (nSPS) is 20.3. The fraction of sp³-hybridized carbons (Fsp3) is 0.333. The van der Waals surface area contributed by atoms with E-state index in [1.54, 1.807) is 13.3 Å². The number of fused-ring (bicyclic) bond motifs is 1. The molecule has 0 saturated heterocycles. The van der Waals surface area contributed by atoms with Gasteiger partial charge in [0, 0.05) is 24.5 Å². The van der Waals surface area contributed by atoms with E-state index in [1.165, 1.54) is 34.3 Å². The zero-order chi connectivity index (χ0) is 19.2. The minimum atomic E-state index is 0.697. The Bertz CT molecular complexity index is 892. The maximum atomic E-state index is 6.46. The Morgan fingerprint density at radius 1 is 1.26 bits per heavy atom. The third-order valence-electron chi connectivity index (χ3n) is 5.17. The van der Waals surface area contributed by atoms with Crippen LogP contribution in [0.5, 0.6) is 0 Å². The highest BCUT2D eigenvalue weighted by Gasteiger charge is 2.18. The van der Waals surface area contributed by atoms with Gasteiger partial charge in [0.05, 0.1) is 0 Å². The number of amidine groups is 1. The average molecular weight is 360 g/mol. The Hall–Kier alpha value is -2.68. The molecule has 0 unspecified atom stereocenters. The Balaban J connectivity index is 2.21. The second-order valence-corrected chi connectivity index (χ2v) is 7.09. The molecule has 1 aromatic rings. The van der Waals surface area contributed by atoms with E-state index in [2.05, 4.69) is 48.1 Å². The second kappa shape index (κ2) is 8.81. The van der Waals surface area contributed by atoms with Crippen molar-refractivity contribution in [1.82, 2.24) is 0 Å². The molecule has 1 aliphatic carbocycles. The van der Waals surface area contributed by atoms with E-state index >= 15 is 0 Å². The molecule has 0 radical (unpaired) electrons. The van der Waals surface area contributed by atoms with Gasteiger partial charge in [-0.2, -0.15) is 0 Å². The average Bonchev–Trinajstić information content (AvgIpc) is 2.85. The van der Waals surface area contributed by atoms with Crippen LogP contribution in [0.1, 0.15) is 56.2 Å². The summed E-state index contributed by atoms with van der Waals surface area (Å²) >= 11 is 0.